The van der Waals surface area contributed by atoms with E-state index in [4.69, 9.17) is 16.3 Å². The molecular weight excluding hydrogens is 284 g/mol. The summed E-state index contributed by atoms with van der Waals surface area (Å²) in [4.78, 5) is 11.4. The maximum Gasteiger partial charge on any atom is 0.253 e. The van der Waals surface area contributed by atoms with Crippen LogP contribution in [0.2, 0.25) is 0 Å². The largest absolute Gasteiger partial charge is 0.489 e. The molecule has 0 fully saturated rings. The zero-order chi connectivity index (χ0) is 14.7. The van der Waals surface area contributed by atoms with E-state index in [0.717, 1.165) is 22.1 Å². The second kappa shape index (κ2) is 5.98. The zero-order valence-corrected chi connectivity index (χ0v) is 12.0. The minimum Gasteiger partial charge on any atom is -0.489 e. The molecule has 21 heavy (non-hydrogen) atoms. The van der Waals surface area contributed by atoms with E-state index >= 15 is 0 Å². The molecule has 0 aliphatic heterocycles. The maximum atomic E-state index is 11.4. The van der Waals surface area contributed by atoms with Crippen LogP contribution in [-0.2, 0) is 6.61 Å². The Bertz CT molecular complexity index is 782. The minimum absolute atomic E-state index is 0.446. The summed E-state index contributed by atoms with van der Waals surface area (Å²) in [6, 6.07) is 21.1. The van der Waals surface area contributed by atoms with Crippen molar-refractivity contribution in [2.45, 2.75) is 6.61 Å². The third-order valence-electron chi connectivity index (χ3n) is 3.31. The minimum atomic E-state index is -0.446. The first-order chi connectivity index (χ1) is 10.2. The smallest absolute Gasteiger partial charge is 0.253 e. The van der Waals surface area contributed by atoms with Crippen LogP contribution in [0.25, 0.3) is 10.8 Å². The van der Waals surface area contributed by atoms with Gasteiger partial charge in [0.1, 0.15) is 12.4 Å². The Balaban J connectivity index is 1.86. The van der Waals surface area contributed by atoms with Gasteiger partial charge in [0.2, 0.25) is 0 Å². The lowest BCUT2D eigenvalue weighted by molar-refractivity contribution is 0.108. The van der Waals surface area contributed by atoms with Crippen LogP contribution in [0.15, 0.2) is 66.7 Å². The number of carbonyl (C=O) groups excluding carboxylic acids is 1. The van der Waals surface area contributed by atoms with E-state index in [1.54, 1.807) is 6.07 Å². The fourth-order valence-electron chi connectivity index (χ4n) is 2.26. The number of hydrogen-bond acceptors (Lipinski definition) is 2. The van der Waals surface area contributed by atoms with Crippen molar-refractivity contribution in [1.29, 1.82) is 0 Å². The molecule has 0 radical (unpaired) electrons. The quantitative estimate of drug-likeness (QED) is 0.647. The van der Waals surface area contributed by atoms with E-state index in [-0.39, 0.29) is 0 Å². The highest BCUT2D eigenvalue weighted by molar-refractivity contribution is 6.68. The first-order valence-corrected chi connectivity index (χ1v) is 7.01. The van der Waals surface area contributed by atoms with Gasteiger partial charge in [-0.25, -0.2) is 0 Å². The van der Waals surface area contributed by atoms with Crippen molar-refractivity contribution in [2.75, 3.05) is 0 Å². The summed E-state index contributed by atoms with van der Waals surface area (Å²) in [5.41, 5.74) is 1.63. The maximum absolute atomic E-state index is 11.4. The van der Waals surface area contributed by atoms with Crippen molar-refractivity contribution in [3.63, 3.8) is 0 Å². The SMILES string of the molecule is O=C(Cl)c1cccc2cc(OCc3ccccc3)ccc12. The van der Waals surface area contributed by atoms with Crippen LogP contribution in [0.4, 0.5) is 0 Å². The summed E-state index contributed by atoms with van der Waals surface area (Å²) in [5, 5.41) is 1.33. The summed E-state index contributed by atoms with van der Waals surface area (Å²) in [6.45, 7) is 0.514. The predicted molar refractivity (Wildman–Crippen MR) is 84.9 cm³/mol. The Morgan fingerprint density at radius 1 is 0.952 bits per heavy atom. The zero-order valence-electron chi connectivity index (χ0n) is 11.3. The Morgan fingerprint density at radius 3 is 2.52 bits per heavy atom. The molecule has 3 rings (SSSR count). The van der Waals surface area contributed by atoms with Gasteiger partial charge >= 0.3 is 0 Å². The number of rotatable bonds is 4. The van der Waals surface area contributed by atoms with Crippen molar-refractivity contribution >= 4 is 27.6 Å². The topological polar surface area (TPSA) is 26.3 Å². The first-order valence-electron chi connectivity index (χ1n) is 6.63. The summed E-state index contributed by atoms with van der Waals surface area (Å²) >= 11 is 5.59. The van der Waals surface area contributed by atoms with E-state index in [1.807, 2.05) is 60.7 Å². The third kappa shape index (κ3) is 3.06. The molecule has 3 heteroatoms. The van der Waals surface area contributed by atoms with E-state index in [2.05, 4.69) is 0 Å². The summed E-state index contributed by atoms with van der Waals surface area (Å²) in [7, 11) is 0. The van der Waals surface area contributed by atoms with Crippen molar-refractivity contribution in [1.82, 2.24) is 0 Å². The predicted octanol–water partition coefficient (Wildman–Crippen LogP) is 4.80. The average Bonchev–Trinajstić information content (AvgIpc) is 2.53. The van der Waals surface area contributed by atoms with Crippen LogP contribution in [0.1, 0.15) is 15.9 Å². The molecule has 0 N–H and O–H groups in total. The molecule has 0 bridgehead atoms. The van der Waals surface area contributed by atoms with Crippen molar-refractivity contribution < 1.29 is 9.53 Å². The van der Waals surface area contributed by atoms with Gasteiger partial charge in [-0.05, 0) is 52.2 Å². The van der Waals surface area contributed by atoms with Crippen LogP contribution in [0.5, 0.6) is 5.75 Å². The second-order valence-electron chi connectivity index (χ2n) is 4.74. The number of carbonyl (C=O) groups is 1. The van der Waals surface area contributed by atoms with Gasteiger partial charge in [0.25, 0.3) is 5.24 Å². The molecule has 0 amide bonds. The highest BCUT2D eigenvalue weighted by atomic mass is 35.5. The van der Waals surface area contributed by atoms with Gasteiger partial charge in [0, 0.05) is 5.56 Å². The van der Waals surface area contributed by atoms with Crippen LogP contribution >= 0.6 is 11.6 Å². The molecule has 3 aromatic rings. The van der Waals surface area contributed by atoms with Crippen molar-refractivity contribution in [2.24, 2.45) is 0 Å². The Morgan fingerprint density at radius 2 is 1.76 bits per heavy atom. The number of halogens is 1. The summed E-state index contributed by atoms with van der Waals surface area (Å²) in [5.74, 6) is 0.769. The molecular formula is C18H13ClO2. The summed E-state index contributed by atoms with van der Waals surface area (Å²) in [6.07, 6.45) is 0. The Hall–Kier alpha value is -2.32. The Kier molecular flexibility index (Phi) is 3.89. The van der Waals surface area contributed by atoms with Crippen LogP contribution in [-0.4, -0.2) is 5.24 Å². The standard InChI is InChI=1S/C18H13ClO2/c19-18(20)17-8-4-7-14-11-15(9-10-16(14)17)21-12-13-5-2-1-3-6-13/h1-11H,12H2. The second-order valence-corrected chi connectivity index (χ2v) is 5.08. The van der Waals surface area contributed by atoms with Crippen LogP contribution in [0, 0.1) is 0 Å². The highest BCUT2D eigenvalue weighted by Gasteiger charge is 2.07. The molecule has 0 heterocycles. The fourth-order valence-corrected chi connectivity index (χ4v) is 2.43. The van der Waals surface area contributed by atoms with Crippen molar-refractivity contribution in [3.05, 3.63) is 77.9 Å². The van der Waals surface area contributed by atoms with Gasteiger partial charge in [-0.2, -0.15) is 0 Å². The lowest BCUT2D eigenvalue weighted by Crippen LogP contribution is -1.95. The van der Waals surface area contributed by atoms with Crippen LogP contribution < -0.4 is 4.74 Å². The molecule has 0 saturated carbocycles. The monoisotopic (exact) mass is 296 g/mol. The van der Waals surface area contributed by atoms with Gasteiger partial charge in [-0.3, -0.25) is 4.79 Å². The molecule has 104 valence electrons. The Labute approximate surface area is 127 Å². The average molecular weight is 297 g/mol. The number of hydrogen-bond donors (Lipinski definition) is 0. The molecule has 0 aromatic heterocycles. The van der Waals surface area contributed by atoms with E-state index in [0.29, 0.717) is 12.2 Å². The lowest BCUT2D eigenvalue weighted by Gasteiger charge is -2.08. The van der Waals surface area contributed by atoms with Gasteiger partial charge in [-0.15, -0.1) is 0 Å². The number of ether oxygens (including phenoxy) is 1. The van der Waals surface area contributed by atoms with E-state index in [9.17, 15) is 4.79 Å². The lowest BCUT2D eigenvalue weighted by atomic mass is 10.1. The molecule has 3 aromatic carbocycles. The van der Waals surface area contributed by atoms with E-state index in [1.165, 1.54) is 0 Å². The molecule has 2 nitrogen and oxygen atoms in total. The molecule has 0 atom stereocenters. The molecule has 0 spiro atoms. The molecule has 0 aliphatic rings. The van der Waals surface area contributed by atoms with Gasteiger partial charge in [-0.1, -0.05) is 42.5 Å². The van der Waals surface area contributed by atoms with Crippen LogP contribution in [0.3, 0.4) is 0 Å². The van der Waals surface area contributed by atoms with Gasteiger partial charge in [0.15, 0.2) is 0 Å². The molecule has 0 aliphatic carbocycles. The molecule has 0 unspecified atom stereocenters. The molecule has 0 saturated heterocycles. The normalized spacial score (nSPS) is 10.5. The fraction of sp³-hybridized carbons (Fsp3) is 0.0556. The number of fused-ring (bicyclic) bond motifs is 1. The highest BCUT2D eigenvalue weighted by Crippen LogP contribution is 2.25. The number of benzene rings is 3. The third-order valence-corrected chi connectivity index (χ3v) is 3.52. The van der Waals surface area contributed by atoms with Gasteiger partial charge in [0.05, 0.1) is 0 Å². The van der Waals surface area contributed by atoms with Crippen molar-refractivity contribution in [3.8, 4) is 5.75 Å². The van der Waals surface area contributed by atoms with E-state index < -0.39 is 5.24 Å². The summed E-state index contributed by atoms with van der Waals surface area (Å²) < 4.78 is 5.78. The van der Waals surface area contributed by atoms with Gasteiger partial charge < -0.3 is 4.74 Å². The first kappa shape index (κ1) is 13.7.